The second kappa shape index (κ2) is 8.97. The van der Waals surface area contributed by atoms with Gasteiger partial charge in [0.15, 0.2) is 12.4 Å². The molecule has 3 rings (SSSR count). The van der Waals surface area contributed by atoms with Crippen molar-refractivity contribution in [1.29, 1.82) is 0 Å². The van der Waals surface area contributed by atoms with Crippen LogP contribution in [-0.4, -0.2) is 24.3 Å². The first-order chi connectivity index (χ1) is 13.6. The van der Waals surface area contributed by atoms with E-state index in [0.717, 1.165) is 0 Å². The highest BCUT2D eigenvalue weighted by atomic mass is 35.5. The number of carbonyl (C=O) groups excluding carboxylic acids is 3. The van der Waals surface area contributed by atoms with Gasteiger partial charge in [0.05, 0.1) is 16.3 Å². The lowest BCUT2D eigenvalue weighted by Gasteiger charge is -2.11. The lowest BCUT2D eigenvalue weighted by atomic mass is 10.0. The molecule has 3 aromatic rings. The number of benzene rings is 3. The van der Waals surface area contributed by atoms with Gasteiger partial charge in [0.1, 0.15) is 0 Å². The fraction of sp³-hybridized carbons (Fsp3) is 0.0455. The Morgan fingerprint density at radius 2 is 1.39 bits per heavy atom. The average molecular weight is 394 g/mol. The molecule has 6 heteroatoms. The summed E-state index contributed by atoms with van der Waals surface area (Å²) in [5.41, 5.74) is 1.38. The summed E-state index contributed by atoms with van der Waals surface area (Å²) in [5, 5.41) is 2.85. The molecule has 0 atom stereocenters. The van der Waals surface area contributed by atoms with E-state index in [4.69, 9.17) is 16.3 Å². The molecule has 0 saturated carbocycles. The summed E-state index contributed by atoms with van der Waals surface area (Å²) in [6.07, 6.45) is 0. The number of carbonyl (C=O) groups is 3. The molecule has 0 aliphatic heterocycles. The molecule has 3 aromatic carbocycles. The summed E-state index contributed by atoms with van der Waals surface area (Å²) in [7, 11) is 0. The molecule has 0 spiro atoms. The Morgan fingerprint density at radius 3 is 2.11 bits per heavy atom. The molecular weight excluding hydrogens is 378 g/mol. The third kappa shape index (κ3) is 4.64. The monoisotopic (exact) mass is 393 g/mol. The number of esters is 1. The number of nitrogens with one attached hydrogen (secondary N) is 1. The van der Waals surface area contributed by atoms with Gasteiger partial charge in [-0.15, -0.1) is 0 Å². The van der Waals surface area contributed by atoms with Crippen LogP contribution in [0.5, 0.6) is 0 Å². The van der Waals surface area contributed by atoms with Crippen molar-refractivity contribution in [2.45, 2.75) is 0 Å². The molecule has 5 nitrogen and oxygen atoms in total. The molecular formula is C22H16ClNO4. The van der Waals surface area contributed by atoms with E-state index in [1.165, 1.54) is 6.07 Å². The van der Waals surface area contributed by atoms with Gasteiger partial charge in [-0.2, -0.15) is 0 Å². The van der Waals surface area contributed by atoms with Gasteiger partial charge < -0.3 is 10.1 Å². The second-order valence-electron chi connectivity index (χ2n) is 5.84. The predicted molar refractivity (Wildman–Crippen MR) is 107 cm³/mol. The number of ether oxygens (including phenoxy) is 1. The first-order valence-electron chi connectivity index (χ1n) is 8.46. The minimum absolute atomic E-state index is 0.177. The molecule has 0 aromatic heterocycles. The Balaban J connectivity index is 1.67. The van der Waals surface area contributed by atoms with Gasteiger partial charge in [0.25, 0.3) is 5.91 Å². The molecule has 0 bridgehead atoms. The predicted octanol–water partition coefficient (Wildman–Crippen LogP) is 4.37. The fourth-order valence-corrected chi connectivity index (χ4v) is 2.77. The number of amides is 1. The number of para-hydroxylation sites is 1. The van der Waals surface area contributed by atoms with Crippen LogP contribution in [0.1, 0.15) is 26.3 Å². The van der Waals surface area contributed by atoms with Crippen LogP contribution in [0, 0.1) is 0 Å². The maximum absolute atomic E-state index is 12.7. The van der Waals surface area contributed by atoms with E-state index in [0.29, 0.717) is 16.8 Å². The summed E-state index contributed by atoms with van der Waals surface area (Å²) in [6.45, 7) is -0.502. The Morgan fingerprint density at radius 1 is 0.786 bits per heavy atom. The zero-order valence-electron chi connectivity index (χ0n) is 14.7. The number of rotatable bonds is 6. The van der Waals surface area contributed by atoms with Crippen molar-refractivity contribution in [2.24, 2.45) is 0 Å². The molecule has 0 aliphatic rings. The summed E-state index contributed by atoms with van der Waals surface area (Å²) in [6, 6.07) is 21.8. The van der Waals surface area contributed by atoms with Crippen molar-refractivity contribution in [3.8, 4) is 0 Å². The number of hydrogen-bond acceptors (Lipinski definition) is 4. The van der Waals surface area contributed by atoms with Crippen LogP contribution < -0.4 is 5.32 Å². The minimum atomic E-state index is -0.700. The minimum Gasteiger partial charge on any atom is -0.452 e. The van der Waals surface area contributed by atoms with Crippen molar-refractivity contribution < 1.29 is 19.1 Å². The second-order valence-corrected chi connectivity index (χ2v) is 6.25. The molecule has 0 radical (unpaired) electrons. The zero-order valence-corrected chi connectivity index (χ0v) is 15.5. The molecule has 0 unspecified atom stereocenters. The van der Waals surface area contributed by atoms with Crippen LogP contribution in [-0.2, 0) is 9.53 Å². The Hall–Kier alpha value is -3.44. The van der Waals surface area contributed by atoms with Gasteiger partial charge in [-0.1, -0.05) is 66.2 Å². The van der Waals surface area contributed by atoms with E-state index in [9.17, 15) is 14.4 Å². The van der Waals surface area contributed by atoms with Gasteiger partial charge in [0, 0.05) is 11.1 Å². The van der Waals surface area contributed by atoms with Crippen LogP contribution in [0.25, 0.3) is 0 Å². The van der Waals surface area contributed by atoms with E-state index in [2.05, 4.69) is 5.32 Å². The molecule has 1 amide bonds. The quantitative estimate of drug-likeness (QED) is 0.498. The molecule has 0 saturated heterocycles. The first kappa shape index (κ1) is 19.3. The SMILES string of the molecule is O=C(COC(=O)c1ccccc1Cl)Nc1ccccc1C(=O)c1ccccc1. The van der Waals surface area contributed by atoms with Crippen molar-refractivity contribution in [2.75, 3.05) is 11.9 Å². The maximum atomic E-state index is 12.7. The van der Waals surface area contributed by atoms with Crippen molar-refractivity contribution in [3.63, 3.8) is 0 Å². The number of anilines is 1. The lowest BCUT2D eigenvalue weighted by molar-refractivity contribution is -0.119. The van der Waals surface area contributed by atoms with Crippen LogP contribution >= 0.6 is 11.6 Å². The van der Waals surface area contributed by atoms with Gasteiger partial charge in [-0.25, -0.2) is 4.79 Å². The summed E-state index contributed by atoms with van der Waals surface area (Å²) >= 11 is 5.94. The largest absolute Gasteiger partial charge is 0.452 e. The molecule has 0 fully saturated rings. The van der Waals surface area contributed by atoms with Gasteiger partial charge in [-0.05, 0) is 24.3 Å². The van der Waals surface area contributed by atoms with E-state index in [-0.39, 0.29) is 16.4 Å². The zero-order chi connectivity index (χ0) is 19.9. The van der Waals surface area contributed by atoms with Crippen LogP contribution in [0.2, 0.25) is 5.02 Å². The van der Waals surface area contributed by atoms with Crippen molar-refractivity contribution in [3.05, 3.63) is 101 Å². The molecule has 28 heavy (non-hydrogen) atoms. The van der Waals surface area contributed by atoms with Crippen molar-refractivity contribution in [1.82, 2.24) is 0 Å². The van der Waals surface area contributed by atoms with Gasteiger partial charge in [-0.3, -0.25) is 9.59 Å². The van der Waals surface area contributed by atoms with E-state index >= 15 is 0 Å². The first-order valence-corrected chi connectivity index (χ1v) is 8.84. The summed E-state index contributed by atoms with van der Waals surface area (Å²) < 4.78 is 5.01. The normalized spacial score (nSPS) is 10.2. The van der Waals surface area contributed by atoms with Crippen LogP contribution in [0.15, 0.2) is 78.9 Å². The highest BCUT2D eigenvalue weighted by Gasteiger charge is 2.17. The number of halogens is 1. The highest BCUT2D eigenvalue weighted by Crippen LogP contribution is 2.20. The van der Waals surface area contributed by atoms with Gasteiger partial charge in [0.2, 0.25) is 0 Å². The molecule has 140 valence electrons. The summed E-state index contributed by atoms with van der Waals surface area (Å²) in [4.78, 5) is 36.9. The Bertz CT molecular complexity index is 1020. The Kier molecular flexibility index (Phi) is 6.19. The van der Waals surface area contributed by atoms with Gasteiger partial charge >= 0.3 is 5.97 Å². The fourth-order valence-electron chi connectivity index (χ4n) is 2.56. The van der Waals surface area contributed by atoms with Crippen molar-refractivity contribution >= 4 is 34.9 Å². The third-order valence-electron chi connectivity index (χ3n) is 3.91. The van der Waals surface area contributed by atoms with E-state index in [1.807, 2.05) is 6.07 Å². The molecule has 0 aliphatic carbocycles. The van der Waals surface area contributed by atoms with Crippen LogP contribution in [0.3, 0.4) is 0 Å². The topological polar surface area (TPSA) is 72.5 Å². The number of ketones is 1. The smallest absolute Gasteiger partial charge is 0.340 e. The molecule has 1 N–H and O–H groups in total. The summed E-state index contributed by atoms with van der Waals surface area (Å²) in [5.74, 6) is -1.48. The lowest BCUT2D eigenvalue weighted by Crippen LogP contribution is -2.22. The van der Waals surface area contributed by atoms with E-state index < -0.39 is 18.5 Å². The maximum Gasteiger partial charge on any atom is 0.340 e. The van der Waals surface area contributed by atoms with Crippen LogP contribution in [0.4, 0.5) is 5.69 Å². The standard InChI is InChI=1S/C22H16ClNO4/c23-18-12-6-4-10-16(18)22(27)28-14-20(25)24-19-13-7-5-11-17(19)21(26)15-8-2-1-3-9-15/h1-13H,14H2,(H,24,25). The Labute approximate surface area is 166 Å². The average Bonchev–Trinajstić information content (AvgIpc) is 2.73. The molecule has 0 heterocycles. The number of hydrogen-bond donors (Lipinski definition) is 1. The van der Waals surface area contributed by atoms with E-state index in [1.54, 1.807) is 66.7 Å². The third-order valence-corrected chi connectivity index (χ3v) is 4.24. The highest BCUT2D eigenvalue weighted by molar-refractivity contribution is 6.33.